The van der Waals surface area contributed by atoms with E-state index in [1.807, 2.05) is 53.4 Å². The van der Waals surface area contributed by atoms with Crippen LogP contribution in [0.5, 0.6) is 0 Å². The Kier molecular flexibility index (Phi) is 6.21. The lowest BCUT2D eigenvalue weighted by Gasteiger charge is -2.23. The Labute approximate surface area is 196 Å². The molecule has 1 unspecified atom stereocenters. The van der Waals surface area contributed by atoms with Gasteiger partial charge in [0.1, 0.15) is 5.82 Å². The lowest BCUT2D eigenvalue weighted by Crippen LogP contribution is -2.31. The van der Waals surface area contributed by atoms with Crippen molar-refractivity contribution in [3.63, 3.8) is 0 Å². The number of nitrogens with zero attached hydrogens (tertiary/aromatic N) is 2. The van der Waals surface area contributed by atoms with Gasteiger partial charge in [0.15, 0.2) is 0 Å². The van der Waals surface area contributed by atoms with Crippen molar-refractivity contribution in [1.29, 1.82) is 0 Å². The van der Waals surface area contributed by atoms with Gasteiger partial charge in [-0.1, -0.05) is 24.3 Å². The summed E-state index contributed by atoms with van der Waals surface area (Å²) in [7, 11) is 0. The molecule has 3 heterocycles. The number of aromatic nitrogens is 2. The molecule has 0 bridgehead atoms. The van der Waals surface area contributed by atoms with Crippen molar-refractivity contribution in [3.05, 3.63) is 82.3 Å². The summed E-state index contributed by atoms with van der Waals surface area (Å²) in [5.41, 5.74) is 3.13. The average Bonchev–Trinajstić information content (AvgIpc) is 3.58. The van der Waals surface area contributed by atoms with Crippen molar-refractivity contribution in [1.82, 2.24) is 14.9 Å². The molecular weight excluding hydrogens is 432 g/mol. The van der Waals surface area contributed by atoms with E-state index in [4.69, 9.17) is 4.98 Å². The summed E-state index contributed by atoms with van der Waals surface area (Å²) >= 11 is 1.71. The molecule has 1 saturated heterocycles. The number of anilines is 1. The zero-order valence-electron chi connectivity index (χ0n) is 18.3. The molecule has 4 aromatic rings. The molecule has 2 amide bonds. The van der Waals surface area contributed by atoms with Gasteiger partial charge in [0, 0.05) is 29.1 Å². The van der Waals surface area contributed by atoms with Crippen LogP contribution in [0.25, 0.3) is 11.0 Å². The van der Waals surface area contributed by atoms with Gasteiger partial charge in [-0.3, -0.25) is 9.59 Å². The third kappa shape index (κ3) is 4.83. The van der Waals surface area contributed by atoms with Crippen LogP contribution in [0, 0.1) is 0 Å². The number of fused-ring (bicyclic) bond motifs is 1. The first-order valence-corrected chi connectivity index (χ1v) is 12.2. The number of carbonyl (C=O) groups excluding carboxylic acids is 2. The lowest BCUT2D eigenvalue weighted by molar-refractivity contribution is -0.116. The molecule has 5 rings (SSSR count). The minimum atomic E-state index is -0.0691. The largest absolute Gasteiger partial charge is 0.340 e. The molecule has 6 nitrogen and oxygen atoms in total. The highest BCUT2D eigenvalue weighted by Gasteiger charge is 2.32. The molecule has 33 heavy (non-hydrogen) atoms. The number of rotatable bonds is 7. The summed E-state index contributed by atoms with van der Waals surface area (Å²) in [6.07, 6.45) is 3.98. The Morgan fingerprint density at radius 2 is 2.03 bits per heavy atom. The van der Waals surface area contributed by atoms with Crippen molar-refractivity contribution in [2.45, 2.75) is 38.1 Å². The molecule has 168 valence electrons. The number of amides is 2. The van der Waals surface area contributed by atoms with E-state index in [-0.39, 0.29) is 17.9 Å². The number of carbonyl (C=O) groups is 2. The van der Waals surface area contributed by atoms with E-state index in [9.17, 15) is 9.59 Å². The monoisotopic (exact) mass is 458 g/mol. The van der Waals surface area contributed by atoms with Crippen LogP contribution in [-0.2, 0) is 11.2 Å². The molecular formula is C26H26N4O2S. The standard InChI is InChI=1S/C26H26N4O2S/c31-24(14-4-9-20-10-6-16-33-20)27-19-8-3-7-18(17-19)26(32)30-15-5-13-23(30)25-28-21-11-1-2-12-22(21)29-25/h1-3,6-8,10-12,16-17,23H,4-5,9,13-15H2,(H,27,31)(H,28,29). The van der Waals surface area contributed by atoms with Gasteiger partial charge in [0.2, 0.25) is 5.91 Å². The van der Waals surface area contributed by atoms with E-state index in [2.05, 4.69) is 21.7 Å². The quantitative estimate of drug-likeness (QED) is 0.380. The van der Waals surface area contributed by atoms with Gasteiger partial charge in [-0.05, 0) is 67.5 Å². The normalized spacial score (nSPS) is 15.8. The molecule has 1 atom stereocenters. The van der Waals surface area contributed by atoms with Gasteiger partial charge < -0.3 is 15.2 Å². The van der Waals surface area contributed by atoms with Crippen molar-refractivity contribution >= 4 is 39.9 Å². The molecule has 0 spiro atoms. The molecule has 0 saturated carbocycles. The van der Waals surface area contributed by atoms with Gasteiger partial charge in [-0.2, -0.15) is 0 Å². The number of benzene rings is 2. The summed E-state index contributed by atoms with van der Waals surface area (Å²) in [5.74, 6) is 0.765. The van der Waals surface area contributed by atoms with Crippen molar-refractivity contribution in [2.24, 2.45) is 0 Å². The highest BCUT2D eigenvalue weighted by atomic mass is 32.1. The van der Waals surface area contributed by atoms with E-state index >= 15 is 0 Å². The number of para-hydroxylation sites is 2. The van der Waals surface area contributed by atoms with Crippen molar-refractivity contribution < 1.29 is 9.59 Å². The Bertz CT molecular complexity index is 1230. The van der Waals surface area contributed by atoms with Crippen LogP contribution in [0.4, 0.5) is 5.69 Å². The zero-order chi connectivity index (χ0) is 22.6. The third-order valence-corrected chi connectivity index (χ3v) is 6.97. The first-order chi connectivity index (χ1) is 16.2. The van der Waals surface area contributed by atoms with Gasteiger partial charge in [-0.15, -0.1) is 11.3 Å². The third-order valence-electron chi connectivity index (χ3n) is 6.04. The van der Waals surface area contributed by atoms with Gasteiger partial charge in [0.25, 0.3) is 5.91 Å². The van der Waals surface area contributed by atoms with Crippen LogP contribution >= 0.6 is 11.3 Å². The fourth-order valence-electron chi connectivity index (χ4n) is 4.42. The van der Waals surface area contributed by atoms with E-state index < -0.39 is 0 Å². The van der Waals surface area contributed by atoms with Crippen LogP contribution in [-0.4, -0.2) is 33.2 Å². The van der Waals surface area contributed by atoms with Gasteiger partial charge >= 0.3 is 0 Å². The second-order valence-electron chi connectivity index (χ2n) is 8.36. The number of aryl methyl sites for hydroxylation is 1. The minimum absolute atomic E-state index is 0.0301. The topological polar surface area (TPSA) is 78.1 Å². The first kappa shape index (κ1) is 21.4. The Morgan fingerprint density at radius 1 is 1.12 bits per heavy atom. The van der Waals surface area contributed by atoms with E-state index in [1.54, 1.807) is 17.4 Å². The molecule has 2 N–H and O–H groups in total. The molecule has 2 aromatic carbocycles. The van der Waals surface area contributed by atoms with E-state index in [1.165, 1.54) is 4.88 Å². The average molecular weight is 459 g/mol. The molecule has 1 fully saturated rings. The number of thiophene rings is 1. The number of nitrogens with one attached hydrogen (secondary N) is 2. The summed E-state index contributed by atoms with van der Waals surface area (Å²) in [5, 5.41) is 5.00. The summed E-state index contributed by atoms with van der Waals surface area (Å²) in [6.45, 7) is 0.694. The highest BCUT2D eigenvalue weighted by Crippen LogP contribution is 2.33. The number of H-pyrrole nitrogens is 1. The maximum Gasteiger partial charge on any atom is 0.254 e. The summed E-state index contributed by atoms with van der Waals surface area (Å²) in [4.78, 5) is 37.0. The van der Waals surface area contributed by atoms with Crippen molar-refractivity contribution in [2.75, 3.05) is 11.9 Å². The zero-order valence-corrected chi connectivity index (χ0v) is 19.1. The maximum absolute atomic E-state index is 13.4. The molecule has 1 aliphatic heterocycles. The number of likely N-dealkylation sites (tertiary alicyclic amines) is 1. The molecule has 7 heteroatoms. The van der Waals surface area contributed by atoms with Crippen molar-refractivity contribution in [3.8, 4) is 0 Å². The van der Waals surface area contributed by atoms with Gasteiger partial charge in [0.05, 0.1) is 17.1 Å². The number of hydrogen-bond acceptors (Lipinski definition) is 4. The van der Waals surface area contributed by atoms with Crippen LogP contribution in [0.3, 0.4) is 0 Å². The van der Waals surface area contributed by atoms with Crippen LogP contribution < -0.4 is 5.32 Å². The van der Waals surface area contributed by atoms with Crippen LogP contribution in [0.2, 0.25) is 0 Å². The van der Waals surface area contributed by atoms with Gasteiger partial charge in [-0.25, -0.2) is 4.98 Å². The smallest absolute Gasteiger partial charge is 0.254 e. The SMILES string of the molecule is O=C(CCCc1cccs1)Nc1cccc(C(=O)N2CCCC2c2nc3ccccc3[nH]2)c1. The van der Waals surface area contributed by atoms with E-state index in [0.29, 0.717) is 24.2 Å². The summed E-state index contributed by atoms with van der Waals surface area (Å²) in [6, 6.07) is 19.2. The predicted octanol–water partition coefficient (Wildman–Crippen LogP) is 5.56. The number of hydrogen-bond donors (Lipinski definition) is 2. The Morgan fingerprint density at radius 3 is 2.88 bits per heavy atom. The fourth-order valence-corrected chi connectivity index (χ4v) is 5.17. The van der Waals surface area contributed by atoms with E-state index in [0.717, 1.165) is 42.5 Å². The molecule has 0 aliphatic carbocycles. The molecule has 2 aromatic heterocycles. The second-order valence-corrected chi connectivity index (χ2v) is 9.39. The maximum atomic E-state index is 13.4. The lowest BCUT2D eigenvalue weighted by atomic mass is 10.1. The summed E-state index contributed by atoms with van der Waals surface area (Å²) < 4.78 is 0. The Hall–Kier alpha value is -3.45. The molecule has 1 aliphatic rings. The Balaban J connectivity index is 1.24. The number of aromatic amines is 1. The number of imidazole rings is 1. The first-order valence-electron chi connectivity index (χ1n) is 11.4. The van der Waals surface area contributed by atoms with Crippen LogP contribution in [0.15, 0.2) is 66.0 Å². The molecule has 0 radical (unpaired) electrons. The highest BCUT2D eigenvalue weighted by molar-refractivity contribution is 7.09. The minimum Gasteiger partial charge on any atom is -0.340 e. The second kappa shape index (κ2) is 9.58. The fraction of sp³-hybridized carbons (Fsp3) is 0.269. The predicted molar refractivity (Wildman–Crippen MR) is 131 cm³/mol. The van der Waals surface area contributed by atoms with Crippen LogP contribution in [0.1, 0.15) is 52.8 Å².